The zero-order valence-corrected chi connectivity index (χ0v) is 14.1. The van der Waals surface area contributed by atoms with Crippen molar-refractivity contribution in [3.63, 3.8) is 0 Å². The Balaban J connectivity index is 2.60. The summed E-state index contributed by atoms with van der Waals surface area (Å²) >= 11 is 3.28. The molecule has 0 saturated heterocycles. The van der Waals surface area contributed by atoms with Gasteiger partial charge in [0.25, 0.3) is 10.0 Å². The number of phenolic OH excluding ortho intramolecular Hbond substituents is 1. The lowest BCUT2D eigenvalue weighted by Gasteiger charge is -2.25. The van der Waals surface area contributed by atoms with Crippen molar-refractivity contribution in [3.8, 4) is 5.75 Å². The molecule has 0 aromatic heterocycles. The van der Waals surface area contributed by atoms with Crippen LogP contribution in [0.15, 0.2) is 51.8 Å². The molecule has 2 aromatic rings. The van der Waals surface area contributed by atoms with Crippen LogP contribution < -0.4 is 4.31 Å². The van der Waals surface area contributed by atoms with Gasteiger partial charge >= 0.3 is 0 Å². The predicted molar refractivity (Wildman–Crippen MR) is 87.2 cm³/mol. The molecule has 0 radical (unpaired) electrons. The van der Waals surface area contributed by atoms with Gasteiger partial charge in [0.1, 0.15) is 10.6 Å². The second kappa shape index (κ2) is 6.07. The fourth-order valence-corrected chi connectivity index (χ4v) is 4.61. The minimum atomic E-state index is -3.70. The van der Waals surface area contributed by atoms with Crippen LogP contribution in [0.25, 0.3) is 0 Å². The number of hydrogen-bond donors (Lipinski definition) is 1. The summed E-state index contributed by atoms with van der Waals surface area (Å²) in [5, 5.41) is 9.64. The van der Waals surface area contributed by atoms with E-state index in [0.717, 1.165) is 5.56 Å². The van der Waals surface area contributed by atoms with Crippen LogP contribution in [-0.4, -0.2) is 20.1 Å². The van der Waals surface area contributed by atoms with Gasteiger partial charge in [-0.3, -0.25) is 4.31 Å². The quantitative estimate of drug-likeness (QED) is 0.893. The van der Waals surface area contributed by atoms with Crippen LogP contribution in [0.2, 0.25) is 0 Å². The maximum absolute atomic E-state index is 12.9. The Hall–Kier alpha value is -1.53. The van der Waals surface area contributed by atoms with Crippen molar-refractivity contribution >= 4 is 31.6 Å². The molecule has 0 aliphatic heterocycles. The first-order valence-corrected chi connectivity index (χ1v) is 8.68. The number of sulfonamides is 1. The van der Waals surface area contributed by atoms with E-state index >= 15 is 0 Å². The van der Waals surface area contributed by atoms with Gasteiger partial charge < -0.3 is 5.11 Å². The Labute approximate surface area is 133 Å². The lowest BCUT2D eigenvalue weighted by Crippen LogP contribution is -2.31. The summed E-state index contributed by atoms with van der Waals surface area (Å²) in [7, 11) is -3.70. The summed E-state index contributed by atoms with van der Waals surface area (Å²) in [6.45, 7) is 3.85. The largest absolute Gasteiger partial charge is 0.508 e. The molecule has 0 atom stereocenters. The Morgan fingerprint density at radius 1 is 1.19 bits per heavy atom. The predicted octanol–water partition coefficient (Wildman–Crippen LogP) is 3.68. The van der Waals surface area contributed by atoms with Gasteiger partial charge in [0.2, 0.25) is 0 Å². The molecule has 4 nitrogen and oxygen atoms in total. The highest BCUT2D eigenvalue weighted by atomic mass is 79.9. The first kappa shape index (κ1) is 15.9. The van der Waals surface area contributed by atoms with Crippen molar-refractivity contribution in [2.75, 3.05) is 10.8 Å². The van der Waals surface area contributed by atoms with E-state index in [1.807, 2.05) is 6.92 Å². The van der Waals surface area contributed by atoms with Gasteiger partial charge in [0.15, 0.2) is 0 Å². The Kier molecular flexibility index (Phi) is 4.58. The van der Waals surface area contributed by atoms with E-state index in [1.54, 1.807) is 37.3 Å². The van der Waals surface area contributed by atoms with Crippen molar-refractivity contribution < 1.29 is 13.5 Å². The van der Waals surface area contributed by atoms with Gasteiger partial charge in [-0.15, -0.1) is 0 Å². The lowest BCUT2D eigenvalue weighted by atomic mass is 10.2. The third kappa shape index (κ3) is 3.06. The summed E-state index contributed by atoms with van der Waals surface area (Å²) in [5.74, 6) is 0.0383. The molecule has 0 saturated carbocycles. The first-order valence-electron chi connectivity index (χ1n) is 6.44. The van der Waals surface area contributed by atoms with Gasteiger partial charge in [0.05, 0.1) is 5.69 Å². The highest BCUT2D eigenvalue weighted by Gasteiger charge is 2.26. The summed E-state index contributed by atoms with van der Waals surface area (Å²) in [6.07, 6.45) is 0. The zero-order valence-electron chi connectivity index (χ0n) is 11.7. The fraction of sp³-hybridized carbons (Fsp3) is 0.200. The van der Waals surface area contributed by atoms with Crippen LogP contribution in [0.4, 0.5) is 5.69 Å². The molecule has 0 heterocycles. The van der Waals surface area contributed by atoms with Crippen LogP contribution in [0.3, 0.4) is 0 Å². The summed E-state index contributed by atoms with van der Waals surface area (Å²) < 4.78 is 27.5. The molecule has 21 heavy (non-hydrogen) atoms. The zero-order chi connectivity index (χ0) is 15.6. The minimum Gasteiger partial charge on any atom is -0.508 e. The summed E-state index contributed by atoms with van der Waals surface area (Å²) in [4.78, 5) is 0.203. The van der Waals surface area contributed by atoms with Crippen LogP contribution in [-0.2, 0) is 10.0 Å². The molecule has 0 aliphatic rings. The van der Waals surface area contributed by atoms with E-state index in [-0.39, 0.29) is 17.2 Å². The van der Waals surface area contributed by atoms with Gasteiger partial charge in [-0.05, 0) is 53.5 Å². The molecule has 0 spiro atoms. The number of aromatic hydroxyl groups is 1. The normalized spacial score (nSPS) is 11.4. The third-order valence-corrected chi connectivity index (χ3v) is 6.05. The topological polar surface area (TPSA) is 57.6 Å². The van der Waals surface area contributed by atoms with Crippen LogP contribution in [0, 0.1) is 6.92 Å². The number of phenols is 1. The standard InChI is InChI=1S/C15H16BrNO3S/c1-3-17(14-10-12(18)9-8-11(14)2)21(19,20)15-7-5-4-6-13(15)16/h4-10,18H,3H2,1-2H3. The van der Waals surface area contributed by atoms with Crippen LogP contribution >= 0.6 is 15.9 Å². The maximum Gasteiger partial charge on any atom is 0.265 e. The molecule has 112 valence electrons. The van der Waals surface area contributed by atoms with E-state index in [2.05, 4.69) is 15.9 Å². The lowest BCUT2D eigenvalue weighted by molar-refractivity contribution is 0.475. The SMILES string of the molecule is CCN(c1cc(O)ccc1C)S(=O)(=O)c1ccccc1Br. The molecular weight excluding hydrogens is 354 g/mol. The van der Waals surface area contributed by atoms with E-state index in [9.17, 15) is 13.5 Å². The van der Waals surface area contributed by atoms with Gasteiger partial charge in [-0.2, -0.15) is 0 Å². The van der Waals surface area contributed by atoms with Gasteiger partial charge in [0, 0.05) is 17.1 Å². The molecule has 0 aliphatic carbocycles. The van der Waals surface area contributed by atoms with E-state index < -0.39 is 10.0 Å². The molecule has 6 heteroatoms. The minimum absolute atomic E-state index is 0.0383. The molecule has 0 amide bonds. The van der Waals surface area contributed by atoms with E-state index in [4.69, 9.17) is 0 Å². The monoisotopic (exact) mass is 369 g/mol. The molecule has 0 fully saturated rings. The van der Waals surface area contributed by atoms with Crippen molar-refractivity contribution in [1.29, 1.82) is 0 Å². The summed E-state index contributed by atoms with van der Waals surface area (Å²) in [5.41, 5.74) is 1.26. The van der Waals surface area contributed by atoms with E-state index in [0.29, 0.717) is 10.2 Å². The average Bonchev–Trinajstić information content (AvgIpc) is 2.43. The molecule has 2 aromatic carbocycles. The number of anilines is 1. The third-order valence-electron chi connectivity index (χ3n) is 3.15. The highest BCUT2D eigenvalue weighted by molar-refractivity contribution is 9.10. The Morgan fingerprint density at radius 2 is 1.86 bits per heavy atom. The molecule has 0 unspecified atom stereocenters. The van der Waals surface area contributed by atoms with Crippen LogP contribution in [0.1, 0.15) is 12.5 Å². The number of rotatable bonds is 4. The van der Waals surface area contributed by atoms with Gasteiger partial charge in [-0.1, -0.05) is 18.2 Å². The molecule has 2 rings (SSSR count). The van der Waals surface area contributed by atoms with Crippen molar-refractivity contribution in [3.05, 3.63) is 52.5 Å². The Bertz CT molecular complexity index is 759. The second-order valence-electron chi connectivity index (χ2n) is 4.57. The van der Waals surface area contributed by atoms with Gasteiger partial charge in [-0.25, -0.2) is 8.42 Å². The van der Waals surface area contributed by atoms with Crippen molar-refractivity contribution in [2.45, 2.75) is 18.7 Å². The number of benzene rings is 2. The first-order chi connectivity index (χ1) is 9.87. The molecular formula is C15H16BrNO3S. The number of nitrogens with zero attached hydrogens (tertiary/aromatic N) is 1. The second-order valence-corrected chi connectivity index (χ2v) is 7.26. The highest BCUT2D eigenvalue weighted by Crippen LogP contribution is 2.32. The fourth-order valence-electron chi connectivity index (χ4n) is 2.11. The number of aryl methyl sites for hydroxylation is 1. The molecule has 1 N–H and O–H groups in total. The Morgan fingerprint density at radius 3 is 2.48 bits per heavy atom. The van der Waals surface area contributed by atoms with Crippen molar-refractivity contribution in [1.82, 2.24) is 0 Å². The van der Waals surface area contributed by atoms with Crippen molar-refractivity contribution in [2.24, 2.45) is 0 Å². The maximum atomic E-state index is 12.9. The summed E-state index contributed by atoms with van der Waals surface area (Å²) in [6, 6.07) is 11.4. The smallest absolute Gasteiger partial charge is 0.265 e. The number of halogens is 1. The van der Waals surface area contributed by atoms with E-state index in [1.165, 1.54) is 16.4 Å². The molecule has 0 bridgehead atoms. The number of hydrogen-bond acceptors (Lipinski definition) is 3. The average molecular weight is 370 g/mol. The van der Waals surface area contributed by atoms with Crippen LogP contribution in [0.5, 0.6) is 5.75 Å².